The molecule has 0 spiro atoms. The second-order valence-electron chi connectivity index (χ2n) is 4.21. The first-order valence-electron chi connectivity index (χ1n) is 6.00. The molecular formula is C13H17BrN2O3. The van der Waals surface area contributed by atoms with E-state index in [1.807, 2.05) is 13.8 Å². The van der Waals surface area contributed by atoms with Gasteiger partial charge in [0.15, 0.2) is 0 Å². The maximum Gasteiger partial charge on any atom is 0.337 e. The summed E-state index contributed by atoms with van der Waals surface area (Å²) in [5.41, 5.74) is 0.345. The molecule has 104 valence electrons. The van der Waals surface area contributed by atoms with Crippen LogP contribution in [0.2, 0.25) is 0 Å². The number of carbonyl (C=O) groups excluding carboxylic acids is 1. The van der Waals surface area contributed by atoms with Gasteiger partial charge in [-0.3, -0.25) is 4.79 Å². The predicted octanol–water partition coefficient (Wildman–Crippen LogP) is 2.47. The molecule has 6 heteroatoms. The third-order valence-electron chi connectivity index (χ3n) is 2.73. The Morgan fingerprint density at radius 3 is 2.68 bits per heavy atom. The summed E-state index contributed by atoms with van der Waals surface area (Å²) < 4.78 is 0.546. The van der Waals surface area contributed by atoms with Gasteiger partial charge in [0.25, 0.3) is 0 Å². The van der Waals surface area contributed by atoms with E-state index in [0.29, 0.717) is 4.47 Å². The highest BCUT2D eigenvalue weighted by molar-refractivity contribution is 9.10. The van der Waals surface area contributed by atoms with Gasteiger partial charge in [0, 0.05) is 10.5 Å². The first-order valence-corrected chi connectivity index (χ1v) is 6.80. The number of amides is 1. The molecule has 0 aliphatic carbocycles. The lowest BCUT2D eigenvalue weighted by Gasteiger charge is -2.13. The summed E-state index contributed by atoms with van der Waals surface area (Å²) in [6.45, 7) is 4.15. The topological polar surface area (TPSA) is 78.4 Å². The Balaban J connectivity index is 2.76. The molecule has 19 heavy (non-hydrogen) atoms. The van der Waals surface area contributed by atoms with Gasteiger partial charge in [0.1, 0.15) is 0 Å². The predicted molar refractivity (Wildman–Crippen MR) is 77.5 cm³/mol. The Bertz CT molecular complexity index is 477. The van der Waals surface area contributed by atoms with Gasteiger partial charge in [0.2, 0.25) is 5.91 Å². The van der Waals surface area contributed by atoms with Gasteiger partial charge in [-0.2, -0.15) is 0 Å². The summed E-state index contributed by atoms with van der Waals surface area (Å²) in [7, 11) is 0. The number of anilines is 1. The molecule has 1 aromatic rings. The summed E-state index contributed by atoms with van der Waals surface area (Å²) in [5.74, 6) is -1.35. The average molecular weight is 329 g/mol. The van der Waals surface area contributed by atoms with E-state index in [4.69, 9.17) is 5.11 Å². The molecule has 0 aliphatic heterocycles. The molecule has 0 saturated heterocycles. The van der Waals surface area contributed by atoms with E-state index in [2.05, 4.69) is 26.6 Å². The number of nitrogens with one attached hydrogen (secondary N) is 2. The lowest BCUT2D eigenvalue weighted by atomic mass is 10.2. The average Bonchev–Trinajstić information content (AvgIpc) is 2.38. The van der Waals surface area contributed by atoms with Crippen molar-refractivity contribution in [3.8, 4) is 0 Å². The highest BCUT2D eigenvalue weighted by atomic mass is 79.9. The third-order valence-corrected chi connectivity index (χ3v) is 3.39. The number of hydrogen-bond donors (Lipinski definition) is 3. The second-order valence-corrected chi connectivity index (χ2v) is 5.06. The Hall–Kier alpha value is -1.40. The fraction of sp³-hybridized carbons (Fsp3) is 0.385. The number of carboxylic acid groups (broad SMARTS) is 1. The van der Waals surface area contributed by atoms with Crippen molar-refractivity contribution in [2.45, 2.75) is 26.3 Å². The number of halogens is 1. The van der Waals surface area contributed by atoms with Crippen molar-refractivity contribution in [1.29, 1.82) is 0 Å². The van der Waals surface area contributed by atoms with Crippen molar-refractivity contribution in [3.05, 3.63) is 28.2 Å². The smallest absolute Gasteiger partial charge is 0.337 e. The van der Waals surface area contributed by atoms with Crippen LogP contribution in [0.5, 0.6) is 0 Å². The van der Waals surface area contributed by atoms with Crippen LogP contribution in [0.3, 0.4) is 0 Å². The number of carboxylic acids is 1. The number of benzene rings is 1. The molecule has 1 aromatic carbocycles. The Kier molecular flexibility index (Phi) is 5.98. The normalized spacial score (nSPS) is 11.9. The van der Waals surface area contributed by atoms with Gasteiger partial charge in [-0.1, -0.05) is 13.0 Å². The number of hydrogen-bond acceptors (Lipinski definition) is 3. The lowest BCUT2D eigenvalue weighted by molar-refractivity contribution is -0.115. The minimum absolute atomic E-state index is 0.0614. The lowest BCUT2D eigenvalue weighted by Crippen LogP contribution is -2.34. The first-order chi connectivity index (χ1) is 8.95. The third kappa shape index (κ3) is 4.65. The monoisotopic (exact) mass is 328 g/mol. The van der Waals surface area contributed by atoms with Crippen molar-refractivity contribution in [3.63, 3.8) is 0 Å². The summed E-state index contributed by atoms with van der Waals surface area (Å²) in [6.07, 6.45) is 0.919. The summed E-state index contributed by atoms with van der Waals surface area (Å²) in [6, 6.07) is 4.99. The van der Waals surface area contributed by atoms with Crippen molar-refractivity contribution < 1.29 is 14.7 Å². The van der Waals surface area contributed by atoms with E-state index in [-0.39, 0.29) is 29.7 Å². The maximum absolute atomic E-state index is 11.8. The van der Waals surface area contributed by atoms with Crippen LogP contribution in [0, 0.1) is 0 Å². The van der Waals surface area contributed by atoms with Crippen molar-refractivity contribution in [2.24, 2.45) is 0 Å². The van der Waals surface area contributed by atoms with Crippen LogP contribution >= 0.6 is 15.9 Å². The van der Waals surface area contributed by atoms with Crippen LogP contribution in [0.4, 0.5) is 5.69 Å². The zero-order valence-electron chi connectivity index (χ0n) is 10.9. The van der Waals surface area contributed by atoms with Gasteiger partial charge >= 0.3 is 5.97 Å². The zero-order chi connectivity index (χ0) is 14.4. The highest BCUT2D eigenvalue weighted by Gasteiger charge is 2.15. The van der Waals surface area contributed by atoms with E-state index < -0.39 is 5.97 Å². The van der Waals surface area contributed by atoms with E-state index >= 15 is 0 Å². The van der Waals surface area contributed by atoms with Gasteiger partial charge in [0.05, 0.1) is 17.8 Å². The maximum atomic E-state index is 11.8. The van der Waals surface area contributed by atoms with Crippen LogP contribution in [0.25, 0.3) is 0 Å². The fourth-order valence-electron chi connectivity index (χ4n) is 1.42. The van der Waals surface area contributed by atoms with E-state index in [0.717, 1.165) is 6.42 Å². The van der Waals surface area contributed by atoms with Crippen molar-refractivity contribution in [2.75, 3.05) is 11.9 Å². The number of rotatable bonds is 6. The molecule has 0 fully saturated rings. The summed E-state index contributed by atoms with van der Waals surface area (Å²) in [5, 5.41) is 14.7. The molecule has 3 N–H and O–H groups in total. The fourth-order valence-corrected chi connectivity index (χ4v) is 1.89. The van der Waals surface area contributed by atoms with Crippen LogP contribution in [0.15, 0.2) is 22.7 Å². The van der Waals surface area contributed by atoms with Gasteiger partial charge in [-0.15, -0.1) is 0 Å². The standard InChI is InChI=1S/C13H17BrN2O3/c1-3-8(2)15-7-11(17)16-12-9(13(18)19)5-4-6-10(12)14/h4-6,8,15H,3,7H2,1-2H3,(H,16,17)(H,18,19). The van der Waals surface area contributed by atoms with E-state index in [1.54, 1.807) is 12.1 Å². The second kappa shape index (κ2) is 7.25. The van der Waals surface area contributed by atoms with Crippen molar-refractivity contribution >= 4 is 33.5 Å². The molecule has 0 aromatic heterocycles. The molecule has 1 amide bonds. The number of carbonyl (C=O) groups is 2. The van der Waals surface area contributed by atoms with E-state index in [1.165, 1.54) is 6.07 Å². The largest absolute Gasteiger partial charge is 0.478 e. The molecule has 1 rings (SSSR count). The number of aromatic carboxylic acids is 1. The molecular weight excluding hydrogens is 312 g/mol. The van der Waals surface area contributed by atoms with Crippen LogP contribution in [-0.4, -0.2) is 29.6 Å². The van der Waals surface area contributed by atoms with Gasteiger partial charge in [-0.25, -0.2) is 4.79 Å². The summed E-state index contributed by atoms with van der Waals surface area (Å²) >= 11 is 3.24. The first kappa shape index (κ1) is 15.7. The van der Waals surface area contributed by atoms with Crippen molar-refractivity contribution in [1.82, 2.24) is 5.32 Å². The molecule has 0 heterocycles. The SMILES string of the molecule is CCC(C)NCC(=O)Nc1c(Br)cccc1C(=O)O. The Morgan fingerprint density at radius 2 is 2.11 bits per heavy atom. The van der Waals surface area contributed by atoms with Crippen LogP contribution in [-0.2, 0) is 4.79 Å². The molecule has 0 aliphatic rings. The Morgan fingerprint density at radius 1 is 1.42 bits per heavy atom. The van der Waals surface area contributed by atoms with Gasteiger partial charge < -0.3 is 15.7 Å². The van der Waals surface area contributed by atoms with Crippen LogP contribution < -0.4 is 10.6 Å². The van der Waals surface area contributed by atoms with Crippen LogP contribution in [0.1, 0.15) is 30.6 Å². The molecule has 0 saturated carbocycles. The zero-order valence-corrected chi connectivity index (χ0v) is 12.5. The molecule has 0 bridgehead atoms. The minimum Gasteiger partial charge on any atom is -0.478 e. The molecule has 5 nitrogen and oxygen atoms in total. The van der Waals surface area contributed by atoms with Gasteiger partial charge in [-0.05, 0) is 41.4 Å². The highest BCUT2D eigenvalue weighted by Crippen LogP contribution is 2.26. The molecule has 1 unspecified atom stereocenters. The Labute approximate surface area is 120 Å². The minimum atomic E-state index is -1.08. The van der Waals surface area contributed by atoms with E-state index in [9.17, 15) is 9.59 Å². The quantitative estimate of drug-likeness (QED) is 0.749. The molecule has 0 radical (unpaired) electrons. The molecule has 1 atom stereocenters. The summed E-state index contributed by atoms with van der Waals surface area (Å²) in [4.78, 5) is 22.9. The number of para-hydroxylation sites is 1.